The quantitative estimate of drug-likeness (QED) is 0.837. The van der Waals surface area contributed by atoms with Crippen LogP contribution < -0.4 is 5.32 Å². The molecule has 0 saturated carbocycles. The van der Waals surface area contributed by atoms with Crippen molar-refractivity contribution in [2.75, 3.05) is 6.54 Å². The molecule has 0 aliphatic heterocycles. The van der Waals surface area contributed by atoms with Crippen LogP contribution >= 0.6 is 11.3 Å². The lowest BCUT2D eigenvalue weighted by atomic mass is 9.91. The molecule has 0 fully saturated rings. The summed E-state index contributed by atoms with van der Waals surface area (Å²) in [6.45, 7) is 13.1. The van der Waals surface area contributed by atoms with Crippen LogP contribution in [0.15, 0.2) is 29.6 Å². The van der Waals surface area contributed by atoms with Gasteiger partial charge in [-0.15, -0.1) is 11.3 Å². The molecular formula is C18H25NS. The van der Waals surface area contributed by atoms with Crippen molar-refractivity contribution in [1.29, 1.82) is 0 Å². The highest BCUT2D eigenvalue weighted by Gasteiger charge is 2.21. The Hall–Kier alpha value is -1.12. The summed E-state index contributed by atoms with van der Waals surface area (Å²) in [4.78, 5) is 1.45. The second-order valence-corrected chi connectivity index (χ2v) is 7.29. The first-order valence-corrected chi connectivity index (χ1v) is 8.09. The molecule has 0 amide bonds. The van der Waals surface area contributed by atoms with Crippen LogP contribution in [0, 0.1) is 20.8 Å². The van der Waals surface area contributed by atoms with Gasteiger partial charge in [0.25, 0.3) is 0 Å². The summed E-state index contributed by atoms with van der Waals surface area (Å²) in [6.07, 6.45) is 0. The van der Waals surface area contributed by atoms with Crippen LogP contribution in [-0.4, -0.2) is 6.54 Å². The standard InChI is InChI=1S/C18H25NS/c1-13-9-14(2)16(15(3)10-13)11-19-12-18(4,5)17-7-6-8-20-17/h6-10,19H,11-12H2,1-5H3. The normalized spacial score (nSPS) is 11.8. The van der Waals surface area contributed by atoms with Crippen molar-refractivity contribution in [1.82, 2.24) is 5.32 Å². The molecule has 0 atom stereocenters. The first kappa shape index (κ1) is 15.3. The van der Waals surface area contributed by atoms with Crippen LogP contribution in [0.25, 0.3) is 0 Å². The van der Waals surface area contributed by atoms with Crippen LogP contribution in [0.4, 0.5) is 0 Å². The molecule has 1 heterocycles. The molecule has 2 aromatic rings. The number of aryl methyl sites for hydroxylation is 3. The van der Waals surface area contributed by atoms with E-state index in [0.29, 0.717) is 0 Å². The largest absolute Gasteiger partial charge is 0.312 e. The van der Waals surface area contributed by atoms with Gasteiger partial charge in [0.15, 0.2) is 0 Å². The van der Waals surface area contributed by atoms with E-state index in [9.17, 15) is 0 Å². The van der Waals surface area contributed by atoms with Crippen molar-refractivity contribution < 1.29 is 0 Å². The van der Waals surface area contributed by atoms with Gasteiger partial charge in [0.05, 0.1) is 0 Å². The number of hydrogen-bond acceptors (Lipinski definition) is 2. The van der Waals surface area contributed by atoms with Crippen LogP contribution in [0.1, 0.15) is 41.0 Å². The Morgan fingerprint density at radius 2 is 1.75 bits per heavy atom. The van der Waals surface area contributed by atoms with Gasteiger partial charge < -0.3 is 5.32 Å². The summed E-state index contributed by atoms with van der Waals surface area (Å²) in [5.41, 5.74) is 5.77. The molecule has 0 radical (unpaired) electrons. The van der Waals surface area contributed by atoms with Crippen LogP contribution in [0.5, 0.6) is 0 Å². The fourth-order valence-electron chi connectivity index (χ4n) is 2.74. The Balaban J connectivity index is 2.00. The first-order valence-electron chi connectivity index (χ1n) is 7.21. The lowest BCUT2D eigenvalue weighted by Crippen LogP contribution is -2.32. The van der Waals surface area contributed by atoms with E-state index in [1.807, 2.05) is 11.3 Å². The van der Waals surface area contributed by atoms with Crippen molar-refractivity contribution in [2.24, 2.45) is 0 Å². The average Bonchev–Trinajstić information content (AvgIpc) is 2.86. The SMILES string of the molecule is Cc1cc(C)c(CNCC(C)(C)c2cccs2)c(C)c1. The Bertz CT molecular complexity index is 544. The molecule has 1 N–H and O–H groups in total. The Labute approximate surface area is 127 Å². The van der Waals surface area contributed by atoms with Crippen LogP contribution in [0.3, 0.4) is 0 Å². The lowest BCUT2D eigenvalue weighted by Gasteiger charge is -2.24. The number of hydrogen-bond donors (Lipinski definition) is 1. The molecule has 0 aliphatic carbocycles. The van der Waals surface area contributed by atoms with Crippen molar-refractivity contribution >= 4 is 11.3 Å². The van der Waals surface area contributed by atoms with E-state index < -0.39 is 0 Å². The molecule has 0 aliphatic rings. The fourth-order valence-corrected chi connectivity index (χ4v) is 3.59. The summed E-state index contributed by atoms with van der Waals surface area (Å²) < 4.78 is 0. The molecule has 2 heteroatoms. The zero-order valence-corrected chi connectivity index (χ0v) is 14.0. The lowest BCUT2D eigenvalue weighted by molar-refractivity contribution is 0.476. The van der Waals surface area contributed by atoms with Crippen molar-refractivity contribution in [3.8, 4) is 0 Å². The van der Waals surface area contributed by atoms with Crippen molar-refractivity contribution in [2.45, 2.75) is 46.6 Å². The van der Waals surface area contributed by atoms with E-state index in [0.717, 1.165) is 13.1 Å². The van der Waals surface area contributed by atoms with E-state index in [1.165, 1.54) is 27.1 Å². The minimum atomic E-state index is 0.195. The maximum absolute atomic E-state index is 3.64. The van der Waals surface area contributed by atoms with Crippen LogP contribution in [-0.2, 0) is 12.0 Å². The molecule has 0 spiro atoms. The number of nitrogens with one attached hydrogen (secondary N) is 1. The molecule has 1 aromatic carbocycles. The molecule has 1 aromatic heterocycles. The molecular weight excluding hydrogens is 262 g/mol. The van der Waals surface area contributed by atoms with Gasteiger partial charge in [-0.2, -0.15) is 0 Å². The molecule has 2 rings (SSSR count). The predicted molar refractivity (Wildman–Crippen MR) is 89.7 cm³/mol. The highest BCUT2D eigenvalue weighted by molar-refractivity contribution is 7.10. The molecule has 108 valence electrons. The predicted octanol–water partition coefficient (Wildman–Crippen LogP) is 4.74. The third kappa shape index (κ3) is 3.50. The first-order chi connectivity index (χ1) is 9.40. The fraction of sp³-hybridized carbons (Fsp3) is 0.444. The maximum Gasteiger partial charge on any atom is 0.0211 e. The Morgan fingerprint density at radius 3 is 2.30 bits per heavy atom. The van der Waals surface area contributed by atoms with E-state index in [4.69, 9.17) is 0 Å². The van der Waals surface area contributed by atoms with Gasteiger partial charge >= 0.3 is 0 Å². The monoisotopic (exact) mass is 287 g/mol. The third-order valence-corrected chi connectivity index (χ3v) is 5.13. The molecule has 1 nitrogen and oxygen atoms in total. The minimum Gasteiger partial charge on any atom is -0.312 e. The second kappa shape index (κ2) is 6.11. The summed E-state index contributed by atoms with van der Waals surface area (Å²) in [6, 6.07) is 8.91. The van der Waals surface area contributed by atoms with Gasteiger partial charge in [-0.3, -0.25) is 0 Å². The summed E-state index contributed by atoms with van der Waals surface area (Å²) in [5, 5.41) is 5.80. The molecule has 0 saturated heterocycles. The summed E-state index contributed by atoms with van der Waals surface area (Å²) in [7, 11) is 0. The average molecular weight is 287 g/mol. The number of rotatable bonds is 5. The molecule has 0 bridgehead atoms. The van der Waals surface area contributed by atoms with Gasteiger partial charge in [-0.25, -0.2) is 0 Å². The second-order valence-electron chi connectivity index (χ2n) is 6.34. The van der Waals surface area contributed by atoms with E-state index in [-0.39, 0.29) is 5.41 Å². The van der Waals surface area contributed by atoms with Gasteiger partial charge in [-0.05, 0) is 48.9 Å². The number of thiophene rings is 1. The highest BCUT2D eigenvalue weighted by atomic mass is 32.1. The van der Waals surface area contributed by atoms with Crippen molar-refractivity contribution in [3.63, 3.8) is 0 Å². The van der Waals surface area contributed by atoms with E-state index >= 15 is 0 Å². The topological polar surface area (TPSA) is 12.0 Å². The highest BCUT2D eigenvalue weighted by Crippen LogP contribution is 2.27. The van der Waals surface area contributed by atoms with E-state index in [2.05, 4.69) is 69.6 Å². The maximum atomic E-state index is 3.64. The van der Waals surface area contributed by atoms with Gasteiger partial charge in [0.1, 0.15) is 0 Å². The smallest absolute Gasteiger partial charge is 0.0211 e. The van der Waals surface area contributed by atoms with E-state index in [1.54, 1.807) is 0 Å². The summed E-state index contributed by atoms with van der Waals surface area (Å²) >= 11 is 1.84. The Morgan fingerprint density at radius 1 is 1.10 bits per heavy atom. The molecule has 20 heavy (non-hydrogen) atoms. The summed E-state index contributed by atoms with van der Waals surface area (Å²) in [5.74, 6) is 0. The van der Waals surface area contributed by atoms with Crippen molar-refractivity contribution in [3.05, 3.63) is 56.8 Å². The zero-order chi connectivity index (χ0) is 14.8. The minimum absolute atomic E-state index is 0.195. The van der Waals surface area contributed by atoms with Gasteiger partial charge in [-0.1, -0.05) is 37.6 Å². The zero-order valence-electron chi connectivity index (χ0n) is 13.2. The third-order valence-electron chi connectivity index (χ3n) is 3.90. The number of benzene rings is 1. The van der Waals surface area contributed by atoms with Gasteiger partial charge in [0, 0.05) is 23.4 Å². The van der Waals surface area contributed by atoms with Crippen LogP contribution in [0.2, 0.25) is 0 Å². The van der Waals surface area contributed by atoms with Gasteiger partial charge in [0.2, 0.25) is 0 Å². The Kier molecular flexibility index (Phi) is 4.66. The molecule has 0 unspecified atom stereocenters.